The molecule has 0 aromatic carbocycles. The zero-order valence-electron chi connectivity index (χ0n) is 9.24. The third kappa shape index (κ3) is 2.13. The van der Waals surface area contributed by atoms with Crippen LogP contribution in [0.15, 0.2) is 41.7 Å². The lowest BCUT2D eigenvalue weighted by Crippen LogP contribution is -1.92. The number of rotatable bonds is 2. The SMILES string of the molecule is O=C1CCC(N=Cc2ccn3ccccc23)S1. The minimum absolute atomic E-state index is 0.112. The van der Waals surface area contributed by atoms with Gasteiger partial charge in [-0.1, -0.05) is 17.8 Å². The Kier molecular flexibility index (Phi) is 2.73. The number of fused-ring (bicyclic) bond motifs is 1. The van der Waals surface area contributed by atoms with Gasteiger partial charge in [-0.2, -0.15) is 0 Å². The maximum atomic E-state index is 11.1. The second-order valence-corrected chi connectivity index (χ2v) is 5.26. The summed E-state index contributed by atoms with van der Waals surface area (Å²) in [7, 11) is 0. The van der Waals surface area contributed by atoms with Gasteiger partial charge >= 0.3 is 0 Å². The molecule has 2 aromatic rings. The van der Waals surface area contributed by atoms with Crippen LogP contribution in [0.25, 0.3) is 5.52 Å². The second-order valence-electron chi connectivity index (χ2n) is 4.03. The number of hydrogen-bond acceptors (Lipinski definition) is 3. The molecule has 0 bridgehead atoms. The molecular formula is C13H12N2OS. The summed E-state index contributed by atoms with van der Waals surface area (Å²) in [6.07, 6.45) is 7.44. The average molecular weight is 244 g/mol. The maximum absolute atomic E-state index is 11.1. The van der Waals surface area contributed by atoms with Crippen LogP contribution < -0.4 is 0 Å². The fourth-order valence-corrected chi connectivity index (χ4v) is 2.86. The molecule has 0 saturated carbocycles. The van der Waals surface area contributed by atoms with Crippen molar-refractivity contribution in [1.29, 1.82) is 0 Å². The van der Waals surface area contributed by atoms with Crippen LogP contribution in [0.2, 0.25) is 0 Å². The third-order valence-corrected chi connectivity index (χ3v) is 3.94. The van der Waals surface area contributed by atoms with Gasteiger partial charge in [0.1, 0.15) is 5.37 Å². The van der Waals surface area contributed by atoms with E-state index in [9.17, 15) is 4.79 Å². The van der Waals surface area contributed by atoms with Gasteiger partial charge in [-0.25, -0.2) is 0 Å². The van der Waals surface area contributed by atoms with E-state index in [1.807, 2.05) is 36.8 Å². The van der Waals surface area contributed by atoms with Gasteiger partial charge < -0.3 is 4.40 Å². The van der Waals surface area contributed by atoms with E-state index in [2.05, 4.69) is 15.5 Å². The van der Waals surface area contributed by atoms with Gasteiger partial charge in [-0.05, 0) is 24.6 Å². The standard InChI is InChI=1S/C13H12N2OS/c16-13-5-4-12(17-13)14-9-10-6-8-15-7-2-1-3-11(10)15/h1-3,6-9,12H,4-5H2. The Bertz CT molecular complexity index is 588. The predicted molar refractivity (Wildman–Crippen MR) is 70.6 cm³/mol. The molecule has 0 aliphatic carbocycles. The number of aliphatic imine (C=N–C) groups is 1. The fraction of sp³-hybridized carbons (Fsp3) is 0.231. The first-order chi connectivity index (χ1) is 8.33. The van der Waals surface area contributed by atoms with Crippen LogP contribution in [0.5, 0.6) is 0 Å². The molecule has 0 radical (unpaired) electrons. The first-order valence-corrected chi connectivity index (χ1v) is 6.49. The molecule has 2 aromatic heterocycles. The number of hydrogen-bond donors (Lipinski definition) is 0. The minimum Gasteiger partial charge on any atom is -0.323 e. The zero-order valence-corrected chi connectivity index (χ0v) is 10.1. The zero-order chi connectivity index (χ0) is 11.7. The molecule has 1 saturated heterocycles. The molecule has 3 nitrogen and oxygen atoms in total. The quantitative estimate of drug-likeness (QED) is 0.761. The van der Waals surface area contributed by atoms with Crippen molar-refractivity contribution >= 4 is 28.6 Å². The minimum atomic E-state index is 0.112. The largest absolute Gasteiger partial charge is 0.323 e. The Morgan fingerprint density at radius 1 is 1.35 bits per heavy atom. The van der Waals surface area contributed by atoms with E-state index >= 15 is 0 Å². The van der Waals surface area contributed by atoms with E-state index < -0.39 is 0 Å². The lowest BCUT2D eigenvalue weighted by molar-refractivity contribution is -0.110. The van der Waals surface area contributed by atoms with Crippen LogP contribution >= 0.6 is 11.8 Å². The summed E-state index contributed by atoms with van der Waals surface area (Å²) >= 11 is 1.35. The van der Waals surface area contributed by atoms with Gasteiger partial charge in [0.2, 0.25) is 0 Å². The van der Waals surface area contributed by atoms with Crippen LogP contribution in [0, 0.1) is 0 Å². The summed E-state index contributed by atoms with van der Waals surface area (Å²) in [4.78, 5) is 15.6. The predicted octanol–water partition coefficient (Wildman–Crippen LogP) is 2.74. The number of carbonyl (C=O) groups excluding carboxylic acids is 1. The van der Waals surface area contributed by atoms with Crippen molar-refractivity contribution in [1.82, 2.24) is 4.40 Å². The molecule has 1 aliphatic heterocycles. The first kappa shape index (κ1) is 10.6. The second kappa shape index (κ2) is 4.37. The van der Waals surface area contributed by atoms with Gasteiger partial charge in [-0.3, -0.25) is 9.79 Å². The number of aromatic nitrogens is 1. The highest BCUT2D eigenvalue weighted by Crippen LogP contribution is 2.28. The van der Waals surface area contributed by atoms with Crippen LogP contribution in [0.1, 0.15) is 18.4 Å². The molecule has 86 valence electrons. The van der Waals surface area contributed by atoms with Crippen molar-refractivity contribution in [2.75, 3.05) is 0 Å². The van der Waals surface area contributed by atoms with E-state index in [4.69, 9.17) is 0 Å². The monoisotopic (exact) mass is 244 g/mol. The van der Waals surface area contributed by atoms with E-state index in [1.165, 1.54) is 11.8 Å². The number of thioether (sulfide) groups is 1. The fourth-order valence-electron chi connectivity index (χ4n) is 1.97. The van der Waals surface area contributed by atoms with Crippen molar-refractivity contribution in [2.24, 2.45) is 4.99 Å². The van der Waals surface area contributed by atoms with E-state index in [0.29, 0.717) is 6.42 Å². The summed E-state index contributed by atoms with van der Waals surface area (Å²) in [5.74, 6) is 0. The molecule has 0 amide bonds. The number of pyridine rings is 1. The Morgan fingerprint density at radius 3 is 3.12 bits per heavy atom. The van der Waals surface area contributed by atoms with Crippen LogP contribution in [0.4, 0.5) is 0 Å². The van der Waals surface area contributed by atoms with Crippen molar-refractivity contribution in [3.8, 4) is 0 Å². The third-order valence-electron chi connectivity index (χ3n) is 2.84. The highest BCUT2D eigenvalue weighted by Gasteiger charge is 2.21. The normalized spacial score (nSPS) is 20.7. The van der Waals surface area contributed by atoms with Gasteiger partial charge in [0, 0.05) is 30.6 Å². The van der Waals surface area contributed by atoms with Gasteiger partial charge in [0.25, 0.3) is 0 Å². The van der Waals surface area contributed by atoms with Crippen molar-refractivity contribution in [2.45, 2.75) is 18.2 Å². The summed E-state index contributed by atoms with van der Waals surface area (Å²) in [6.45, 7) is 0. The summed E-state index contributed by atoms with van der Waals surface area (Å²) in [5, 5.41) is 0.370. The Morgan fingerprint density at radius 2 is 2.29 bits per heavy atom. The molecule has 0 spiro atoms. The lowest BCUT2D eigenvalue weighted by Gasteiger charge is -1.98. The molecule has 1 fully saturated rings. The highest BCUT2D eigenvalue weighted by atomic mass is 32.2. The number of carbonyl (C=O) groups is 1. The molecule has 4 heteroatoms. The van der Waals surface area contributed by atoms with Crippen LogP contribution in [-0.2, 0) is 4.79 Å². The highest BCUT2D eigenvalue weighted by molar-refractivity contribution is 8.14. The molecule has 1 atom stereocenters. The molecule has 1 aliphatic rings. The average Bonchev–Trinajstić information content (AvgIpc) is 2.93. The topological polar surface area (TPSA) is 33.8 Å². The van der Waals surface area contributed by atoms with E-state index in [1.54, 1.807) is 0 Å². The van der Waals surface area contributed by atoms with E-state index in [0.717, 1.165) is 17.5 Å². The maximum Gasteiger partial charge on any atom is 0.191 e. The molecule has 1 unspecified atom stereocenters. The van der Waals surface area contributed by atoms with Gasteiger partial charge in [0.15, 0.2) is 5.12 Å². The van der Waals surface area contributed by atoms with Crippen molar-refractivity contribution < 1.29 is 4.79 Å². The van der Waals surface area contributed by atoms with Crippen LogP contribution in [-0.4, -0.2) is 21.1 Å². The van der Waals surface area contributed by atoms with Gasteiger partial charge in [0.05, 0.1) is 5.52 Å². The lowest BCUT2D eigenvalue weighted by atomic mass is 10.3. The molecule has 17 heavy (non-hydrogen) atoms. The van der Waals surface area contributed by atoms with Crippen LogP contribution in [0.3, 0.4) is 0 Å². The molecule has 3 heterocycles. The summed E-state index contributed by atoms with van der Waals surface area (Å²) in [6, 6.07) is 8.12. The summed E-state index contributed by atoms with van der Waals surface area (Å²) in [5.41, 5.74) is 2.25. The Balaban J connectivity index is 1.85. The summed E-state index contributed by atoms with van der Waals surface area (Å²) < 4.78 is 2.06. The number of nitrogens with zero attached hydrogens (tertiary/aromatic N) is 2. The Labute approximate surface area is 104 Å². The Hall–Kier alpha value is -1.55. The molecular weight excluding hydrogens is 232 g/mol. The molecule has 0 N–H and O–H groups in total. The van der Waals surface area contributed by atoms with Gasteiger partial charge in [-0.15, -0.1) is 0 Å². The van der Waals surface area contributed by atoms with Crippen molar-refractivity contribution in [3.63, 3.8) is 0 Å². The smallest absolute Gasteiger partial charge is 0.191 e. The first-order valence-electron chi connectivity index (χ1n) is 5.61. The molecule has 3 rings (SSSR count). The van der Waals surface area contributed by atoms with Crippen molar-refractivity contribution in [3.05, 3.63) is 42.2 Å². The van der Waals surface area contributed by atoms with E-state index in [-0.39, 0.29) is 10.5 Å².